The number of halogens is 6. The van der Waals surface area contributed by atoms with Crippen LogP contribution in [0.2, 0.25) is 0 Å². The van der Waals surface area contributed by atoms with Crippen molar-refractivity contribution in [3.8, 4) is 22.3 Å². The summed E-state index contributed by atoms with van der Waals surface area (Å²) in [5.41, 5.74) is 17.5. The van der Waals surface area contributed by atoms with Gasteiger partial charge in [0.05, 0.1) is 0 Å². The molecule has 0 saturated heterocycles. The highest BCUT2D eigenvalue weighted by Gasteiger charge is 2.73. The van der Waals surface area contributed by atoms with Gasteiger partial charge < -0.3 is 22.9 Å². The largest absolute Gasteiger partial charge is 0.411 e. The molecule has 37 heavy (non-hydrogen) atoms. The molecular weight excluding hydrogens is 494 g/mol. The first-order valence-electron chi connectivity index (χ1n) is 10.9. The molecule has 4 aromatic carbocycles. The Bertz CT molecular complexity index is 1390. The lowest BCUT2D eigenvalue weighted by Gasteiger charge is -2.40. The average molecular weight is 516 g/mol. The zero-order chi connectivity index (χ0) is 27.2. The fourth-order valence-corrected chi connectivity index (χ4v) is 4.52. The molecule has 192 valence electrons. The first kappa shape index (κ1) is 25.7. The molecule has 0 aromatic heterocycles. The van der Waals surface area contributed by atoms with Crippen molar-refractivity contribution in [1.29, 1.82) is 0 Å². The van der Waals surface area contributed by atoms with Gasteiger partial charge in [0.2, 0.25) is 5.41 Å². The Hall–Kier alpha value is -4.34. The minimum atomic E-state index is -5.81. The summed E-state index contributed by atoms with van der Waals surface area (Å²) < 4.78 is 89.8. The molecule has 4 rings (SSSR count). The van der Waals surface area contributed by atoms with E-state index < -0.39 is 28.9 Å². The second-order valence-corrected chi connectivity index (χ2v) is 8.56. The Morgan fingerprint density at radius 3 is 1.22 bits per heavy atom. The second kappa shape index (κ2) is 8.95. The van der Waals surface area contributed by atoms with Crippen molar-refractivity contribution in [2.45, 2.75) is 17.8 Å². The van der Waals surface area contributed by atoms with Gasteiger partial charge in [-0.3, -0.25) is 0 Å². The van der Waals surface area contributed by atoms with E-state index in [1.54, 1.807) is 0 Å². The Balaban J connectivity index is 2.24. The van der Waals surface area contributed by atoms with Crippen LogP contribution in [0.25, 0.3) is 22.3 Å². The minimum Gasteiger partial charge on any atom is -0.399 e. The summed E-state index contributed by atoms with van der Waals surface area (Å²) >= 11 is 0. The molecule has 0 spiro atoms. The quantitative estimate of drug-likeness (QED) is 0.178. The molecule has 4 nitrogen and oxygen atoms in total. The summed E-state index contributed by atoms with van der Waals surface area (Å²) in [4.78, 5) is 0. The van der Waals surface area contributed by atoms with E-state index in [1.807, 2.05) is 0 Å². The van der Waals surface area contributed by atoms with Crippen molar-refractivity contribution < 1.29 is 26.3 Å². The Kier molecular flexibility index (Phi) is 6.23. The van der Waals surface area contributed by atoms with Gasteiger partial charge in [0.15, 0.2) is 0 Å². The van der Waals surface area contributed by atoms with Gasteiger partial charge >= 0.3 is 12.4 Å². The van der Waals surface area contributed by atoms with E-state index in [4.69, 9.17) is 22.9 Å². The molecular formula is C27H22F6N4. The normalized spacial score (nSPS) is 12.5. The molecule has 0 aliphatic carbocycles. The zero-order valence-corrected chi connectivity index (χ0v) is 19.2. The molecule has 0 aliphatic rings. The third kappa shape index (κ3) is 4.28. The lowest BCUT2D eigenvalue weighted by Crippen LogP contribution is -2.55. The highest BCUT2D eigenvalue weighted by atomic mass is 19.4. The number of nitrogen functional groups attached to an aromatic ring is 4. The SMILES string of the molecule is Nc1ccc(-c2c(N)ccc(C(c3ccc(N)cc3)(C(F)(F)F)C(F)(F)F)c2-c2ccc(N)cc2)cc1. The van der Waals surface area contributed by atoms with Crippen LogP contribution < -0.4 is 22.9 Å². The number of alkyl halides is 6. The Morgan fingerprint density at radius 1 is 0.432 bits per heavy atom. The first-order valence-corrected chi connectivity index (χ1v) is 10.9. The minimum absolute atomic E-state index is 0.00408. The molecule has 8 N–H and O–H groups in total. The number of benzene rings is 4. The van der Waals surface area contributed by atoms with Crippen LogP contribution in [0.1, 0.15) is 11.1 Å². The number of hydrogen-bond acceptors (Lipinski definition) is 4. The monoisotopic (exact) mass is 516 g/mol. The molecule has 0 atom stereocenters. The Labute approximate surface area is 208 Å². The van der Waals surface area contributed by atoms with Gasteiger partial charge in [0.1, 0.15) is 0 Å². The van der Waals surface area contributed by atoms with Gasteiger partial charge in [-0.2, -0.15) is 26.3 Å². The summed E-state index contributed by atoms with van der Waals surface area (Å²) in [6.45, 7) is 0. The maximum atomic E-state index is 15.0. The Morgan fingerprint density at radius 2 is 0.811 bits per heavy atom. The highest BCUT2D eigenvalue weighted by molar-refractivity contribution is 5.94. The third-order valence-electron chi connectivity index (χ3n) is 6.23. The lowest BCUT2D eigenvalue weighted by molar-refractivity contribution is -0.288. The predicted molar refractivity (Wildman–Crippen MR) is 134 cm³/mol. The van der Waals surface area contributed by atoms with E-state index in [2.05, 4.69) is 0 Å². The number of rotatable bonds is 4. The first-order chi connectivity index (χ1) is 17.3. The third-order valence-corrected chi connectivity index (χ3v) is 6.23. The van der Waals surface area contributed by atoms with Crippen LogP contribution in [0.4, 0.5) is 49.1 Å². The van der Waals surface area contributed by atoms with Gasteiger partial charge in [-0.05, 0) is 70.3 Å². The van der Waals surface area contributed by atoms with E-state index in [0.29, 0.717) is 5.69 Å². The fraction of sp³-hybridized carbons (Fsp3) is 0.111. The highest BCUT2D eigenvalue weighted by Crippen LogP contribution is 2.59. The summed E-state index contributed by atoms with van der Waals surface area (Å²) in [5, 5.41) is 0. The van der Waals surface area contributed by atoms with Gasteiger partial charge in [0.25, 0.3) is 0 Å². The molecule has 4 aromatic rings. The average Bonchev–Trinajstić information content (AvgIpc) is 2.81. The van der Waals surface area contributed by atoms with E-state index >= 15 is 0 Å². The van der Waals surface area contributed by atoms with Crippen LogP contribution in [0.15, 0.2) is 84.9 Å². The van der Waals surface area contributed by atoms with Crippen LogP contribution in [0.5, 0.6) is 0 Å². The van der Waals surface area contributed by atoms with Crippen molar-refractivity contribution in [3.05, 3.63) is 96.1 Å². The summed E-state index contributed by atoms with van der Waals surface area (Å²) in [5.74, 6) is 0. The van der Waals surface area contributed by atoms with Crippen molar-refractivity contribution in [1.82, 2.24) is 0 Å². The zero-order valence-electron chi connectivity index (χ0n) is 19.2. The van der Waals surface area contributed by atoms with Gasteiger partial charge in [-0.25, -0.2) is 0 Å². The molecule has 10 heteroatoms. The van der Waals surface area contributed by atoms with Crippen LogP contribution in [-0.2, 0) is 5.41 Å². The number of anilines is 4. The van der Waals surface area contributed by atoms with Crippen molar-refractivity contribution in [2.24, 2.45) is 0 Å². The maximum Gasteiger partial charge on any atom is 0.411 e. The second-order valence-electron chi connectivity index (χ2n) is 8.56. The standard InChI is InChI=1S/C27H22F6N4/c28-26(29,30)25(27(31,32)33,17-5-11-20(36)12-6-17)21-13-14-22(37)24(16-3-9-19(35)10-4-16)23(21)15-1-7-18(34)8-2-15/h1-14H,34-37H2. The smallest absolute Gasteiger partial charge is 0.399 e. The molecule has 0 bridgehead atoms. The van der Waals surface area contributed by atoms with Crippen molar-refractivity contribution in [2.75, 3.05) is 22.9 Å². The van der Waals surface area contributed by atoms with Gasteiger partial charge in [-0.15, -0.1) is 0 Å². The van der Waals surface area contributed by atoms with E-state index in [1.165, 1.54) is 48.5 Å². The van der Waals surface area contributed by atoms with Gasteiger partial charge in [-0.1, -0.05) is 42.5 Å². The molecule has 0 heterocycles. The lowest BCUT2D eigenvalue weighted by atomic mass is 9.69. The van der Waals surface area contributed by atoms with Crippen molar-refractivity contribution >= 4 is 22.7 Å². The summed E-state index contributed by atoms with van der Waals surface area (Å²) in [6, 6.07) is 16.7. The molecule has 0 fully saturated rings. The van der Waals surface area contributed by atoms with Crippen molar-refractivity contribution in [3.63, 3.8) is 0 Å². The molecule has 0 amide bonds. The molecule has 0 radical (unpaired) electrons. The topological polar surface area (TPSA) is 104 Å². The number of hydrogen-bond donors (Lipinski definition) is 4. The van der Waals surface area contributed by atoms with E-state index in [0.717, 1.165) is 36.4 Å². The summed E-state index contributed by atoms with van der Waals surface area (Å²) in [7, 11) is 0. The van der Waals surface area contributed by atoms with Crippen LogP contribution >= 0.6 is 0 Å². The maximum absolute atomic E-state index is 15.0. The van der Waals surface area contributed by atoms with Crippen LogP contribution in [0.3, 0.4) is 0 Å². The summed E-state index contributed by atoms with van der Waals surface area (Å²) in [6.07, 6.45) is -11.6. The van der Waals surface area contributed by atoms with E-state index in [9.17, 15) is 26.3 Å². The predicted octanol–water partition coefficient (Wildman–Crippen LogP) is 6.76. The van der Waals surface area contributed by atoms with Crippen LogP contribution in [0, 0.1) is 0 Å². The number of nitrogens with two attached hydrogens (primary N) is 4. The molecule has 0 unspecified atom stereocenters. The molecule has 0 saturated carbocycles. The van der Waals surface area contributed by atoms with Crippen LogP contribution in [-0.4, -0.2) is 12.4 Å². The fourth-order valence-electron chi connectivity index (χ4n) is 4.52. The van der Waals surface area contributed by atoms with Gasteiger partial charge in [0, 0.05) is 28.3 Å². The molecule has 0 aliphatic heterocycles. The van der Waals surface area contributed by atoms with E-state index in [-0.39, 0.29) is 39.3 Å².